The highest BCUT2D eigenvalue weighted by Crippen LogP contribution is 2.29. The average molecular weight is 313 g/mol. The van der Waals surface area contributed by atoms with Crippen LogP contribution in [0.5, 0.6) is 11.5 Å². The molecular weight excluding hydrogens is 290 g/mol. The number of aryl methyl sites for hydroxylation is 1. The minimum atomic E-state index is -0.170. The monoisotopic (exact) mass is 313 g/mol. The third-order valence-corrected chi connectivity index (χ3v) is 3.28. The first-order valence-corrected chi connectivity index (χ1v) is 7.91. The summed E-state index contributed by atoms with van der Waals surface area (Å²) in [6.45, 7) is 7.10. The Bertz CT molecular complexity index is 650. The summed E-state index contributed by atoms with van der Waals surface area (Å²) in [6, 6.07) is 12.9. The number of benzene rings is 2. The molecule has 122 valence electrons. The molecular formula is C19H23NO3. The van der Waals surface area contributed by atoms with Gasteiger partial charge in [-0.15, -0.1) is 0 Å². The van der Waals surface area contributed by atoms with E-state index in [4.69, 9.17) is 9.47 Å². The fourth-order valence-corrected chi connectivity index (χ4v) is 2.09. The van der Waals surface area contributed by atoms with Crippen LogP contribution in [0, 0.1) is 6.92 Å². The van der Waals surface area contributed by atoms with Crippen LogP contribution in [-0.4, -0.2) is 19.1 Å². The van der Waals surface area contributed by atoms with E-state index in [1.54, 1.807) is 18.2 Å². The molecule has 0 saturated heterocycles. The Balaban J connectivity index is 2.16. The van der Waals surface area contributed by atoms with Gasteiger partial charge in [0.2, 0.25) is 0 Å². The van der Waals surface area contributed by atoms with E-state index in [1.807, 2.05) is 45.0 Å². The van der Waals surface area contributed by atoms with Gasteiger partial charge in [-0.1, -0.05) is 24.6 Å². The SMILES string of the molecule is CCCOc1ccc(C(=O)Nc2ccc(C)cc2)cc1OCC. The second-order valence-electron chi connectivity index (χ2n) is 5.26. The van der Waals surface area contributed by atoms with E-state index in [1.165, 1.54) is 0 Å². The van der Waals surface area contributed by atoms with E-state index in [2.05, 4.69) is 5.32 Å². The number of carbonyl (C=O) groups is 1. The zero-order valence-corrected chi connectivity index (χ0v) is 13.9. The molecule has 2 aromatic rings. The van der Waals surface area contributed by atoms with Gasteiger partial charge in [-0.2, -0.15) is 0 Å². The average Bonchev–Trinajstić information content (AvgIpc) is 2.56. The Kier molecular flexibility index (Phi) is 6.03. The highest BCUT2D eigenvalue weighted by molar-refractivity contribution is 6.04. The number of nitrogens with one attached hydrogen (secondary N) is 1. The second kappa shape index (κ2) is 8.22. The lowest BCUT2D eigenvalue weighted by Gasteiger charge is -2.13. The number of amides is 1. The van der Waals surface area contributed by atoms with Crippen molar-refractivity contribution in [1.29, 1.82) is 0 Å². The number of hydrogen-bond donors (Lipinski definition) is 1. The van der Waals surface area contributed by atoms with Gasteiger partial charge >= 0.3 is 0 Å². The molecule has 1 amide bonds. The molecule has 0 aliphatic carbocycles. The van der Waals surface area contributed by atoms with Crippen LogP contribution in [0.1, 0.15) is 36.2 Å². The molecule has 0 fully saturated rings. The molecule has 0 saturated carbocycles. The fraction of sp³-hybridized carbons (Fsp3) is 0.316. The highest BCUT2D eigenvalue weighted by Gasteiger charge is 2.12. The van der Waals surface area contributed by atoms with Crippen LogP contribution in [0.2, 0.25) is 0 Å². The van der Waals surface area contributed by atoms with Crippen molar-refractivity contribution in [3.05, 3.63) is 53.6 Å². The maximum Gasteiger partial charge on any atom is 0.255 e. The molecule has 0 aromatic heterocycles. The summed E-state index contributed by atoms with van der Waals surface area (Å²) in [6.07, 6.45) is 0.918. The molecule has 0 aliphatic heterocycles. The molecule has 4 nitrogen and oxygen atoms in total. The Morgan fingerprint density at radius 1 is 1.00 bits per heavy atom. The van der Waals surface area contributed by atoms with Crippen molar-refractivity contribution >= 4 is 11.6 Å². The van der Waals surface area contributed by atoms with E-state index in [-0.39, 0.29) is 5.91 Å². The minimum absolute atomic E-state index is 0.170. The predicted molar refractivity (Wildman–Crippen MR) is 92.5 cm³/mol. The first kappa shape index (κ1) is 16.9. The molecule has 4 heteroatoms. The lowest BCUT2D eigenvalue weighted by atomic mass is 10.1. The van der Waals surface area contributed by atoms with Crippen molar-refractivity contribution in [1.82, 2.24) is 0 Å². The molecule has 0 unspecified atom stereocenters. The van der Waals surface area contributed by atoms with Gasteiger partial charge in [0.05, 0.1) is 13.2 Å². The van der Waals surface area contributed by atoms with Gasteiger partial charge in [0.1, 0.15) is 0 Å². The zero-order chi connectivity index (χ0) is 16.7. The Morgan fingerprint density at radius 2 is 1.74 bits per heavy atom. The quantitative estimate of drug-likeness (QED) is 0.822. The Morgan fingerprint density at radius 3 is 2.39 bits per heavy atom. The van der Waals surface area contributed by atoms with Crippen LogP contribution in [0.3, 0.4) is 0 Å². The Hall–Kier alpha value is -2.49. The van der Waals surface area contributed by atoms with Crippen molar-refractivity contribution < 1.29 is 14.3 Å². The van der Waals surface area contributed by atoms with Gasteiger partial charge in [0.25, 0.3) is 5.91 Å². The lowest BCUT2D eigenvalue weighted by molar-refractivity contribution is 0.102. The summed E-state index contributed by atoms with van der Waals surface area (Å²) in [5.41, 5.74) is 2.46. The van der Waals surface area contributed by atoms with E-state index in [0.717, 1.165) is 17.7 Å². The number of anilines is 1. The van der Waals surface area contributed by atoms with Crippen LogP contribution in [0.25, 0.3) is 0 Å². The number of ether oxygens (including phenoxy) is 2. The third-order valence-electron chi connectivity index (χ3n) is 3.28. The van der Waals surface area contributed by atoms with Gasteiger partial charge < -0.3 is 14.8 Å². The van der Waals surface area contributed by atoms with Crippen molar-refractivity contribution in [3.63, 3.8) is 0 Å². The topological polar surface area (TPSA) is 47.6 Å². The van der Waals surface area contributed by atoms with Gasteiger partial charge in [-0.3, -0.25) is 4.79 Å². The Labute approximate surface area is 137 Å². The summed E-state index contributed by atoms with van der Waals surface area (Å²) in [5, 5.41) is 2.88. The molecule has 2 rings (SSSR count). The molecule has 0 heterocycles. The van der Waals surface area contributed by atoms with Crippen molar-refractivity contribution in [2.45, 2.75) is 27.2 Å². The van der Waals surface area contributed by atoms with Crippen LogP contribution in [0.4, 0.5) is 5.69 Å². The first-order chi connectivity index (χ1) is 11.1. The van der Waals surface area contributed by atoms with E-state index in [9.17, 15) is 4.79 Å². The third kappa shape index (κ3) is 4.74. The maximum absolute atomic E-state index is 12.4. The largest absolute Gasteiger partial charge is 0.490 e. The first-order valence-electron chi connectivity index (χ1n) is 7.91. The number of rotatable bonds is 7. The number of hydrogen-bond acceptors (Lipinski definition) is 3. The molecule has 0 radical (unpaired) electrons. The second-order valence-corrected chi connectivity index (χ2v) is 5.26. The van der Waals surface area contributed by atoms with E-state index in [0.29, 0.717) is 30.3 Å². The van der Waals surface area contributed by atoms with Gasteiger partial charge in [0.15, 0.2) is 11.5 Å². The molecule has 1 N–H and O–H groups in total. The van der Waals surface area contributed by atoms with Crippen LogP contribution < -0.4 is 14.8 Å². The van der Waals surface area contributed by atoms with Gasteiger partial charge in [-0.25, -0.2) is 0 Å². The minimum Gasteiger partial charge on any atom is -0.490 e. The van der Waals surface area contributed by atoms with E-state index >= 15 is 0 Å². The highest BCUT2D eigenvalue weighted by atomic mass is 16.5. The maximum atomic E-state index is 12.4. The van der Waals surface area contributed by atoms with Crippen molar-refractivity contribution in [3.8, 4) is 11.5 Å². The standard InChI is InChI=1S/C19H23NO3/c1-4-12-23-17-11-8-15(13-18(17)22-5-2)19(21)20-16-9-6-14(3)7-10-16/h6-11,13H,4-5,12H2,1-3H3,(H,20,21). The fourth-order valence-electron chi connectivity index (χ4n) is 2.09. The summed E-state index contributed by atoms with van der Waals surface area (Å²) >= 11 is 0. The smallest absolute Gasteiger partial charge is 0.255 e. The van der Waals surface area contributed by atoms with Crippen molar-refractivity contribution in [2.24, 2.45) is 0 Å². The summed E-state index contributed by atoms with van der Waals surface area (Å²) in [7, 11) is 0. The van der Waals surface area contributed by atoms with Crippen LogP contribution in [0.15, 0.2) is 42.5 Å². The van der Waals surface area contributed by atoms with Crippen LogP contribution >= 0.6 is 0 Å². The normalized spacial score (nSPS) is 10.2. The molecule has 2 aromatic carbocycles. The van der Waals surface area contributed by atoms with E-state index < -0.39 is 0 Å². The molecule has 0 atom stereocenters. The van der Waals surface area contributed by atoms with Gasteiger partial charge in [0, 0.05) is 11.3 Å². The summed E-state index contributed by atoms with van der Waals surface area (Å²) in [4.78, 5) is 12.4. The zero-order valence-electron chi connectivity index (χ0n) is 13.9. The summed E-state index contributed by atoms with van der Waals surface area (Å²) < 4.78 is 11.2. The predicted octanol–water partition coefficient (Wildman–Crippen LogP) is 4.43. The van der Waals surface area contributed by atoms with Gasteiger partial charge in [-0.05, 0) is 50.6 Å². The van der Waals surface area contributed by atoms with Crippen LogP contribution in [-0.2, 0) is 0 Å². The molecule has 23 heavy (non-hydrogen) atoms. The molecule has 0 spiro atoms. The number of carbonyl (C=O) groups excluding carboxylic acids is 1. The molecule has 0 aliphatic rings. The van der Waals surface area contributed by atoms with Crippen molar-refractivity contribution in [2.75, 3.05) is 18.5 Å². The molecule has 0 bridgehead atoms. The lowest BCUT2D eigenvalue weighted by Crippen LogP contribution is -2.12. The summed E-state index contributed by atoms with van der Waals surface area (Å²) in [5.74, 6) is 1.09.